The van der Waals surface area contributed by atoms with Gasteiger partial charge >= 0.3 is 0 Å². The van der Waals surface area contributed by atoms with E-state index in [9.17, 15) is 4.79 Å². The molecule has 1 N–H and O–H groups in total. The van der Waals surface area contributed by atoms with Gasteiger partial charge in [0, 0.05) is 11.6 Å². The highest BCUT2D eigenvalue weighted by Gasteiger charge is 2.23. The Kier molecular flexibility index (Phi) is 4.09. The summed E-state index contributed by atoms with van der Waals surface area (Å²) in [6.45, 7) is 0. The maximum atomic E-state index is 12.4. The predicted molar refractivity (Wildman–Crippen MR) is 94.7 cm³/mol. The zero-order valence-corrected chi connectivity index (χ0v) is 13.9. The van der Waals surface area contributed by atoms with Gasteiger partial charge in [-0.25, -0.2) is 4.98 Å². The Morgan fingerprint density at radius 1 is 1.21 bits per heavy atom. The Bertz CT molecular complexity index is 860. The Labute approximate surface area is 144 Å². The minimum Gasteiger partial charge on any atom is -0.349 e. The second-order valence-electron chi connectivity index (χ2n) is 5.89. The number of fused-ring (bicyclic) bond motifs is 1. The molecule has 2 aromatic heterocycles. The van der Waals surface area contributed by atoms with E-state index in [1.54, 1.807) is 6.20 Å². The molecule has 0 radical (unpaired) electrons. The van der Waals surface area contributed by atoms with Crippen molar-refractivity contribution in [2.45, 2.75) is 25.3 Å². The van der Waals surface area contributed by atoms with E-state index in [1.807, 2.05) is 29.6 Å². The highest BCUT2D eigenvalue weighted by molar-refractivity contribution is 7.13. The Balaban J connectivity index is 1.42. The standard InChI is InChI=1S/C19H17N3OS/c23-18(22-16-9-8-13-5-1-2-6-15(13)16)11-14-12-24-19(21-14)17-7-3-4-10-20-17/h1-7,10,12,16H,8-9,11H2,(H,22,23). The molecule has 120 valence electrons. The van der Waals surface area contributed by atoms with Crippen LogP contribution in [0.1, 0.15) is 29.3 Å². The molecular formula is C19H17N3OS. The molecule has 3 aromatic rings. The summed E-state index contributed by atoms with van der Waals surface area (Å²) >= 11 is 1.52. The number of nitrogens with zero attached hydrogens (tertiary/aromatic N) is 2. The lowest BCUT2D eigenvalue weighted by atomic mass is 10.1. The van der Waals surface area contributed by atoms with E-state index in [1.165, 1.54) is 22.5 Å². The summed E-state index contributed by atoms with van der Waals surface area (Å²) in [7, 11) is 0. The van der Waals surface area contributed by atoms with Crippen LogP contribution in [0.4, 0.5) is 0 Å². The van der Waals surface area contributed by atoms with E-state index in [2.05, 4.69) is 33.5 Å². The molecule has 0 bridgehead atoms. The zero-order valence-electron chi connectivity index (χ0n) is 13.1. The number of rotatable bonds is 4. The Hall–Kier alpha value is -2.53. The molecule has 0 spiro atoms. The average Bonchev–Trinajstić information content (AvgIpc) is 3.23. The number of amides is 1. The van der Waals surface area contributed by atoms with Crippen molar-refractivity contribution in [1.82, 2.24) is 15.3 Å². The van der Waals surface area contributed by atoms with Gasteiger partial charge in [-0.2, -0.15) is 0 Å². The number of pyridine rings is 1. The molecule has 1 atom stereocenters. The summed E-state index contributed by atoms with van der Waals surface area (Å²) in [4.78, 5) is 21.2. The molecule has 0 saturated carbocycles. The van der Waals surface area contributed by atoms with Gasteiger partial charge in [0.25, 0.3) is 0 Å². The fourth-order valence-corrected chi connectivity index (χ4v) is 3.91. The van der Waals surface area contributed by atoms with Gasteiger partial charge in [-0.1, -0.05) is 30.3 Å². The first-order chi connectivity index (χ1) is 11.8. The van der Waals surface area contributed by atoms with E-state index in [-0.39, 0.29) is 11.9 Å². The smallest absolute Gasteiger partial charge is 0.226 e. The van der Waals surface area contributed by atoms with E-state index in [0.29, 0.717) is 6.42 Å². The average molecular weight is 335 g/mol. The molecule has 0 fully saturated rings. The number of benzene rings is 1. The molecular weight excluding hydrogens is 318 g/mol. The first-order valence-corrected chi connectivity index (χ1v) is 8.90. The lowest BCUT2D eigenvalue weighted by molar-refractivity contribution is -0.121. The monoisotopic (exact) mass is 335 g/mol. The van der Waals surface area contributed by atoms with Gasteiger partial charge in [0.05, 0.1) is 23.9 Å². The SMILES string of the molecule is O=C(Cc1csc(-c2ccccn2)n1)NC1CCc2ccccc21. The van der Waals surface area contributed by atoms with Gasteiger partial charge in [0.2, 0.25) is 5.91 Å². The van der Waals surface area contributed by atoms with Crippen molar-refractivity contribution in [3.63, 3.8) is 0 Å². The van der Waals surface area contributed by atoms with Gasteiger partial charge < -0.3 is 5.32 Å². The van der Waals surface area contributed by atoms with E-state index < -0.39 is 0 Å². The van der Waals surface area contributed by atoms with Crippen LogP contribution in [0.2, 0.25) is 0 Å². The van der Waals surface area contributed by atoms with E-state index in [4.69, 9.17) is 0 Å². The number of hydrogen-bond acceptors (Lipinski definition) is 4. The largest absolute Gasteiger partial charge is 0.349 e. The van der Waals surface area contributed by atoms with E-state index >= 15 is 0 Å². The maximum Gasteiger partial charge on any atom is 0.226 e. The quantitative estimate of drug-likeness (QED) is 0.793. The minimum atomic E-state index is 0.0228. The van der Waals surface area contributed by atoms with Crippen LogP contribution in [0.15, 0.2) is 54.0 Å². The Morgan fingerprint density at radius 2 is 2.08 bits per heavy atom. The summed E-state index contributed by atoms with van der Waals surface area (Å²) < 4.78 is 0. The molecule has 4 nitrogen and oxygen atoms in total. The van der Waals surface area contributed by atoms with Gasteiger partial charge in [-0.05, 0) is 36.1 Å². The molecule has 1 amide bonds. The number of aryl methyl sites for hydroxylation is 1. The third-order valence-electron chi connectivity index (χ3n) is 4.25. The lowest BCUT2D eigenvalue weighted by Gasteiger charge is -2.13. The topological polar surface area (TPSA) is 54.9 Å². The number of aromatic nitrogens is 2. The van der Waals surface area contributed by atoms with Crippen LogP contribution in [-0.2, 0) is 17.6 Å². The second-order valence-corrected chi connectivity index (χ2v) is 6.75. The van der Waals surface area contributed by atoms with Crippen LogP contribution in [0, 0.1) is 0 Å². The van der Waals surface area contributed by atoms with Crippen molar-refractivity contribution >= 4 is 17.2 Å². The zero-order chi connectivity index (χ0) is 16.4. The number of thiazole rings is 1. The van der Waals surface area contributed by atoms with Crippen molar-refractivity contribution in [3.05, 3.63) is 70.9 Å². The molecule has 4 rings (SSSR count). The molecule has 0 aliphatic heterocycles. The molecule has 1 aromatic carbocycles. The first kappa shape index (κ1) is 15.0. The molecule has 1 aliphatic rings. The van der Waals surface area contributed by atoms with Crippen molar-refractivity contribution < 1.29 is 4.79 Å². The maximum absolute atomic E-state index is 12.4. The highest BCUT2D eigenvalue weighted by atomic mass is 32.1. The first-order valence-electron chi connectivity index (χ1n) is 8.02. The minimum absolute atomic E-state index is 0.0228. The third kappa shape index (κ3) is 3.08. The number of carbonyl (C=O) groups is 1. The van der Waals surface area contributed by atoms with Crippen LogP contribution in [-0.4, -0.2) is 15.9 Å². The lowest BCUT2D eigenvalue weighted by Crippen LogP contribution is -2.28. The summed E-state index contributed by atoms with van der Waals surface area (Å²) in [5.41, 5.74) is 4.23. The fraction of sp³-hybridized carbons (Fsp3) is 0.211. The number of nitrogens with one attached hydrogen (secondary N) is 1. The summed E-state index contributed by atoms with van der Waals surface area (Å²) in [6.07, 6.45) is 4.06. The highest BCUT2D eigenvalue weighted by Crippen LogP contribution is 2.30. The van der Waals surface area contributed by atoms with Gasteiger partial charge in [-0.3, -0.25) is 9.78 Å². The molecule has 24 heavy (non-hydrogen) atoms. The van der Waals surface area contributed by atoms with Crippen LogP contribution in [0.3, 0.4) is 0 Å². The van der Waals surface area contributed by atoms with Crippen LogP contribution in [0.25, 0.3) is 10.7 Å². The van der Waals surface area contributed by atoms with Crippen molar-refractivity contribution in [3.8, 4) is 10.7 Å². The summed E-state index contributed by atoms with van der Waals surface area (Å²) in [5.74, 6) is 0.0228. The second kappa shape index (κ2) is 6.53. The van der Waals surface area contributed by atoms with Crippen LogP contribution < -0.4 is 5.32 Å². The summed E-state index contributed by atoms with van der Waals surface area (Å²) in [5, 5.41) is 5.93. The van der Waals surface area contributed by atoms with Crippen molar-refractivity contribution in [2.75, 3.05) is 0 Å². The number of hydrogen-bond donors (Lipinski definition) is 1. The normalized spacial score (nSPS) is 15.9. The Morgan fingerprint density at radius 3 is 2.96 bits per heavy atom. The molecule has 2 heterocycles. The molecule has 5 heteroatoms. The third-order valence-corrected chi connectivity index (χ3v) is 5.16. The predicted octanol–water partition coefficient (Wildman–Crippen LogP) is 3.55. The van der Waals surface area contributed by atoms with Gasteiger partial charge in [0.15, 0.2) is 0 Å². The van der Waals surface area contributed by atoms with Crippen LogP contribution >= 0.6 is 11.3 Å². The summed E-state index contributed by atoms with van der Waals surface area (Å²) in [6, 6.07) is 14.2. The van der Waals surface area contributed by atoms with Crippen LogP contribution in [0.5, 0.6) is 0 Å². The molecule has 0 saturated heterocycles. The van der Waals surface area contributed by atoms with E-state index in [0.717, 1.165) is 29.2 Å². The van der Waals surface area contributed by atoms with Gasteiger partial charge in [-0.15, -0.1) is 11.3 Å². The van der Waals surface area contributed by atoms with Crippen molar-refractivity contribution in [2.24, 2.45) is 0 Å². The fourth-order valence-electron chi connectivity index (χ4n) is 3.11. The molecule has 1 unspecified atom stereocenters. The molecule has 1 aliphatic carbocycles. The van der Waals surface area contributed by atoms with Gasteiger partial charge in [0.1, 0.15) is 5.01 Å². The number of carbonyl (C=O) groups excluding carboxylic acids is 1. The van der Waals surface area contributed by atoms with Crippen molar-refractivity contribution in [1.29, 1.82) is 0 Å².